The van der Waals surface area contributed by atoms with Gasteiger partial charge in [0, 0.05) is 29.8 Å². The smallest absolute Gasteiger partial charge is 0.225 e. The van der Waals surface area contributed by atoms with Crippen LogP contribution in [0.25, 0.3) is 10.9 Å². The van der Waals surface area contributed by atoms with Crippen LogP contribution in [0, 0.1) is 35.9 Å². The summed E-state index contributed by atoms with van der Waals surface area (Å²) in [5, 5.41) is 3.82. The fourth-order valence-electron chi connectivity index (χ4n) is 5.67. The molecule has 2 aliphatic carbocycles. The first-order chi connectivity index (χ1) is 15.1. The second-order valence-electron chi connectivity index (χ2n) is 8.92. The number of carbonyl (C=O) groups is 1. The predicted octanol–water partition coefficient (Wildman–Crippen LogP) is 5.30. The lowest BCUT2D eigenvalue weighted by atomic mass is 9.89. The van der Waals surface area contributed by atoms with Crippen molar-refractivity contribution < 1.29 is 9.18 Å². The molecule has 0 spiro atoms. The first kappa shape index (κ1) is 19.7. The van der Waals surface area contributed by atoms with Gasteiger partial charge < -0.3 is 5.32 Å². The van der Waals surface area contributed by atoms with E-state index < -0.39 is 0 Å². The minimum atomic E-state index is -0.213. The minimum absolute atomic E-state index is 0.0121. The van der Waals surface area contributed by atoms with Crippen molar-refractivity contribution in [3.8, 4) is 12.3 Å². The molecule has 3 aromatic rings. The zero-order chi connectivity index (χ0) is 21.4. The Bertz CT molecular complexity index is 1150. The first-order valence-corrected chi connectivity index (χ1v) is 10.9. The molecule has 0 aliphatic heterocycles. The Morgan fingerprint density at radius 1 is 1.10 bits per heavy atom. The zero-order valence-electron chi connectivity index (χ0n) is 17.2. The summed E-state index contributed by atoms with van der Waals surface area (Å²) < 4.78 is 13.8. The van der Waals surface area contributed by atoms with Crippen molar-refractivity contribution in [1.29, 1.82) is 0 Å². The van der Waals surface area contributed by atoms with Gasteiger partial charge in [0.25, 0.3) is 0 Å². The van der Waals surface area contributed by atoms with E-state index in [1.54, 1.807) is 30.5 Å². The number of hydrogen-bond acceptors (Lipinski definition) is 3. The normalized spacial score (nSPS) is 24.6. The maximum atomic E-state index is 13.8. The monoisotopic (exact) mass is 413 g/mol. The number of nitrogens with zero attached hydrogens (tertiary/aromatic N) is 2. The van der Waals surface area contributed by atoms with Gasteiger partial charge in [-0.25, -0.2) is 9.37 Å². The van der Waals surface area contributed by atoms with Crippen molar-refractivity contribution in [2.75, 3.05) is 5.32 Å². The number of fused-ring (bicyclic) bond motifs is 2. The third kappa shape index (κ3) is 4.03. The van der Waals surface area contributed by atoms with Gasteiger partial charge in [-0.1, -0.05) is 5.92 Å². The molecule has 0 saturated heterocycles. The summed E-state index contributed by atoms with van der Waals surface area (Å²) in [6.07, 6.45) is 13.7. The SMILES string of the molecule is C#Cc1ccc(NC(=O)C[C@@H]2C[C@H]3CC(c4ccnc5ccc(F)cc45)C[C@H]3C2)nc1. The summed E-state index contributed by atoms with van der Waals surface area (Å²) in [6.45, 7) is 0. The van der Waals surface area contributed by atoms with Crippen LogP contribution < -0.4 is 5.32 Å². The second-order valence-corrected chi connectivity index (χ2v) is 8.92. The Hall–Kier alpha value is -3.26. The number of anilines is 1. The first-order valence-electron chi connectivity index (χ1n) is 10.9. The van der Waals surface area contributed by atoms with Gasteiger partial charge in [-0.2, -0.15) is 0 Å². The highest BCUT2D eigenvalue weighted by Gasteiger charge is 2.42. The van der Waals surface area contributed by atoms with E-state index in [0.29, 0.717) is 41.5 Å². The quantitative estimate of drug-likeness (QED) is 0.591. The predicted molar refractivity (Wildman–Crippen MR) is 119 cm³/mol. The van der Waals surface area contributed by atoms with E-state index in [-0.39, 0.29) is 11.7 Å². The highest BCUT2D eigenvalue weighted by molar-refractivity contribution is 5.90. The molecular weight excluding hydrogens is 389 g/mol. The van der Waals surface area contributed by atoms with Gasteiger partial charge in [0.05, 0.1) is 5.52 Å². The Morgan fingerprint density at radius 2 is 1.90 bits per heavy atom. The molecule has 0 radical (unpaired) electrons. The summed E-state index contributed by atoms with van der Waals surface area (Å²) >= 11 is 0. The molecule has 2 heterocycles. The fraction of sp³-hybridized carbons (Fsp3) is 0.346. The molecule has 0 bridgehead atoms. The Kier molecular flexibility index (Phi) is 5.15. The van der Waals surface area contributed by atoms with Crippen LogP contribution in [0.3, 0.4) is 0 Å². The van der Waals surface area contributed by atoms with Crippen molar-refractivity contribution in [3.63, 3.8) is 0 Å². The van der Waals surface area contributed by atoms with E-state index >= 15 is 0 Å². The van der Waals surface area contributed by atoms with E-state index in [4.69, 9.17) is 6.42 Å². The molecule has 2 aliphatic rings. The average Bonchev–Trinajstić information content (AvgIpc) is 3.32. The van der Waals surface area contributed by atoms with Crippen molar-refractivity contribution in [2.24, 2.45) is 17.8 Å². The molecule has 4 nitrogen and oxygen atoms in total. The molecule has 5 rings (SSSR count). The van der Waals surface area contributed by atoms with E-state index in [1.165, 1.54) is 11.6 Å². The summed E-state index contributed by atoms with van der Waals surface area (Å²) in [7, 11) is 0. The molecule has 1 unspecified atom stereocenters. The van der Waals surface area contributed by atoms with Crippen LogP contribution in [0.5, 0.6) is 0 Å². The lowest BCUT2D eigenvalue weighted by molar-refractivity contribution is -0.117. The zero-order valence-corrected chi connectivity index (χ0v) is 17.2. The summed E-state index contributed by atoms with van der Waals surface area (Å²) in [6, 6.07) is 10.4. The van der Waals surface area contributed by atoms with Gasteiger partial charge >= 0.3 is 0 Å². The van der Waals surface area contributed by atoms with Crippen LogP contribution in [0.2, 0.25) is 0 Å². The van der Waals surface area contributed by atoms with Crippen LogP contribution >= 0.6 is 0 Å². The standard InChI is InChI=1S/C26H24FN3O/c1-2-16-3-6-25(29-15-16)30-26(31)11-17-9-18-12-20(13-19(18)10-17)22-7-8-28-24-5-4-21(27)14-23(22)24/h1,3-8,14-15,17-20H,9-13H2,(H,29,30,31)/t17-,18+,19-,20?. The molecule has 1 aromatic carbocycles. The number of pyridine rings is 2. The molecule has 156 valence electrons. The maximum Gasteiger partial charge on any atom is 0.225 e. The van der Waals surface area contributed by atoms with Gasteiger partial charge in [0.15, 0.2) is 0 Å². The van der Waals surface area contributed by atoms with Crippen molar-refractivity contribution >= 4 is 22.6 Å². The lowest BCUT2D eigenvalue weighted by Crippen LogP contribution is -2.16. The largest absolute Gasteiger partial charge is 0.311 e. The molecule has 4 atom stereocenters. The average molecular weight is 413 g/mol. The molecule has 2 aromatic heterocycles. The van der Waals surface area contributed by atoms with Crippen molar-refractivity contribution in [1.82, 2.24) is 9.97 Å². The van der Waals surface area contributed by atoms with Gasteiger partial charge in [0.1, 0.15) is 11.6 Å². The molecule has 2 fully saturated rings. The van der Waals surface area contributed by atoms with Crippen LogP contribution in [0.1, 0.15) is 49.1 Å². The maximum absolute atomic E-state index is 13.8. The molecular formula is C26H24FN3O. The molecule has 5 heteroatoms. The number of rotatable bonds is 4. The molecule has 2 saturated carbocycles. The van der Waals surface area contributed by atoms with Gasteiger partial charge in [-0.3, -0.25) is 9.78 Å². The highest BCUT2D eigenvalue weighted by atomic mass is 19.1. The number of aromatic nitrogens is 2. The number of benzene rings is 1. The van der Waals surface area contributed by atoms with Crippen LogP contribution in [-0.2, 0) is 4.79 Å². The summed E-state index contributed by atoms with van der Waals surface area (Å²) in [4.78, 5) is 21.1. The summed E-state index contributed by atoms with van der Waals surface area (Å²) in [5.41, 5.74) is 2.77. The van der Waals surface area contributed by atoms with Crippen LogP contribution in [0.4, 0.5) is 10.2 Å². The molecule has 1 amide bonds. The van der Waals surface area contributed by atoms with E-state index in [9.17, 15) is 9.18 Å². The van der Waals surface area contributed by atoms with Crippen LogP contribution in [-0.4, -0.2) is 15.9 Å². The van der Waals surface area contributed by atoms with Crippen molar-refractivity contribution in [2.45, 2.75) is 38.0 Å². The number of carbonyl (C=O) groups excluding carboxylic acids is 1. The lowest BCUT2D eigenvalue weighted by Gasteiger charge is -2.17. The van der Waals surface area contributed by atoms with E-state index in [1.807, 2.05) is 6.20 Å². The highest BCUT2D eigenvalue weighted by Crippen LogP contribution is 2.53. The minimum Gasteiger partial charge on any atom is -0.311 e. The third-order valence-electron chi connectivity index (χ3n) is 6.96. The second kappa shape index (κ2) is 8.11. The Balaban J connectivity index is 1.20. The number of halogens is 1. The third-order valence-corrected chi connectivity index (χ3v) is 6.96. The number of hydrogen-bond donors (Lipinski definition) is 1. The Morgan fingerprint density at radius 3 is 2.61 bits per heavy atom. The molecule has 1 N–H and O–H groups in total. The summed E-state index contributed by atoms with van der Waals surface area (Å²) in [5.74, 6) is 4.97. The number of terminal acetylenes is 1. The number of nitrogens with one attached hydrogen (secondary N) is 1. The van der Waals surface area contributed by atoms with Crippen molar-refractivity contribution in [3.05, 3.63) is 65.7 Å². The van der Waals surface area contributed by atoms with E-state index in [2.05, 4.69) is 27.3 Å². The Labute approximate surface area is 181 Å². The van der Waals surface area contributed by atoms with E-state index in [0.717, 1.165) is 36.6 Å². The van der Waals surface area contributed by atoms with Crippen LogP contribution in [0.15, 0.2) is 48.8 Å². The van der Waals surface area contributed by atoms with Gasteiger partial charge in [-0.15, -0.1) is 6.42 Å². The van der Waals surface area contributed by atoms with Gasteiger partial charge in [-0.05, 0) is 91.3 Å². The fourth-order valence-corrected chi connectivity index (χ4v) is 5.67. The van der Waals surface area contributed by atoms with Gasteiger partial charge in [0.2, 0.25) is 5.91 Å². The number of amides is 1. The molecule has 31 heavy (non-hydrogen) atoms. The topological polar surface area (TPSA) is 54.9 Å².